The van der Waals surface area contributed by atoms with Crippen molar-refractivity contribution in [3.63, 3.8) is 0 Å². The summed E-state index contributed by atoms with van der Waals surface area (Å²) < 4.78 is 34.9. The molecule has 0 amide bonds. The van der Waals surface area contributed by atoms with Gasteiger partial charge in [-0.05, 0) is 49.2 Å². The van der Waals surface area contributed by atoms with Crippen molar-refractivity contribution in [1.82, 2.24) is 14.1 Å². The lowest BCUT2D eigenvalue weighted by molar-refractivity contribution is 0.401. The number of rotatable bonds is 5. The summed E-state index contributed by atoms with van der Waals surface area (Å²) in [5.74, 6) is 0.317. The zero-order valence-corrected chi connectivity index (χ0v) is 15.6. The average Bonchev–Trinajstić information content (AvgIpc) is 2.97. The fourth-order valence-electron chi connectivity index (χ4n) is 2.48. The molecule has 0 radical (unpaired) electrons. The molecule has 0 aliphatic rings. The largest absolute Gasteiger partial charge is 0.495 e. The highest BCUT2D eigenvalue weighted by Gasteiger charge is 2.21. The molecule has 0 spiro atoms. The van der Waals surface area contributed by atoms with Crippen LogP contribution in [0.25, 0.3) is 5.65 Å². The van der Waals surface area contributed by atoms with Crippen molar-refractivity contribution in [2.24, 2.45) is 0 Å². The summed E-state index contributed by atoms with van der Waals surface area (Å²) in [4.78, 5) is 4.49. The number of ether oxygens (including phenoxy) is 1. The normalized spacial score (nSPS) is 11.8. The number of nitrogens with zero attached hydrogens (tertiary/aromatic N) is 2. The second-order valence-electron chi connectivity index (χ2n) is 5.76. The summed E-state index contributed by atoms with van der Waals surface area (Å²) in [7, 11) is -2.28. The Labute approximate surface area is 151 Å². The Bertz CT molecular complexity index is 1040. The maximum atomic E-state index is 12.7. The molecule has 3 rings (SSSR count). The highest BCUT2D eigenvalue weighted by atomic mass is 35.5. The first-order valence-electron chi connectivity index (χ1n) is 7.58. The molecule has 0 bridgehead atoms. The molecule has 0 aliphatic heterocycles. The minimum absolute atomic E-state index is 0.0672. The minimum atomic E-state index is -3.74. The van der Waals surface area contributed by atoms with Crippen LogP contribution in [0.1, 0.15) is 16.8 Å². The smallest absolute Gasteiger partial charge is 0.244 e. The number of nitrogens with one attached hydrogen (secondary N) is 1. The lowest BCUT2D eigenvalue weighted by Crippen LogP contribution is -2.24. The van der Waals surface area contributed by atoms with E-state index >= 15 is 0 Å². The van der Waals surface area contributed by atoms with E-state index in [1.165, 1.54) is 7.11 Å². The van der Waals surface area contributed by atoms with Gasteiger partial charge in [-0.2, -0.15) is 0 Å². The molecule has 0 fully saturated rings. The lowest BCUT2D eigenvalue weighted by Gasteiger charge is -2.12. The maximum Gasteiger partial charge on any atom is 0.244 e. The van der Waals surface area contributed by atoms with Crippen molar-refractivity contribution < 1.29 is 13.2 Å². The van der Waals surface area contributed by atoms with E-state index < -0.39 is 10.0 Å². The van der Waals surface area contributed by atoms with Gasteiger partial charge >= 0.3 is 0 Å². The van der Waals surface area contributed by atoms with E-state index in [0.717, 1.165) is 11.1 Å². The van der Waals surface area contributed by atoms with Gasteiger partial charge in [0.25, 0.3) is 0 Å². The van der Waals surface area contributed by atoms with E-state index in [-0.39, 0.29) is 11.4 Å². The molecule has 6 nitrogen and oxygen atoms in total. The second kappa shape index (κ2) is 6.67. The number of hydrogen-bond donors (Lipinski definition) is 1. The summed E-state index contributed by atoms with van der Waals surface area (Å²) in [6.45, 7) is 3.83. The SMILES string of the molecule is COc1cc(C)c(C)cc1S(=O)(=O)NCc1cn2cc(Cl)ccc2n1. The third kappa shape index (κ3) is 3.63. The van der Waals surface area contributed by atoms with Gasteiger partial charge in [-0.15, -0.1) is 0 Å². The monoisotopic (exact) mass is 379 g/mol. The summed E-state index contributed by atoms with van der Waals surface area (Å²) in [5.41, 5.74) is 3.13. The van der Waals surface area contributed by atoms with Crippen LogP contribution in [0.5, 0.6) is 5.75 Å². The van der Waals surface area contributed by atoms with Gasteiger partial charge in [0.1, 0.15) is 16.3 Å². The van der Waals surface area contributed by atoms with Gasteiger partial charge in [-0.3, -0.25) is 0 Å². The average molecular weight is 380 g/mol. The number of pyridine rings is 1. The topological polar surface area (TPSA) is 72.7 Å². The third-order valence-electron chi connectivity index (χ3n) is 3.98. The van der Waals surface area contributed by atoms with Crippen LogP contribution in [0.3, 0.4) is 0 Å². The van der Waals surface area contributed by atoms with Crippen LogP contribution in [-0.2, 0) is 16.6 Å². The molecule has 8 heteroatoms. The zero-order valence-electron chi connectivity index (χ0n) is 14.1. The molecule has 0 unspecified atom stereocenters. The van der Waals surface area contributed by atoms with E-state index in [1.807, 2.05) is 13.8 Å². The summed E-state index contributed by atoms with van der Waals surface area (Å²) in [5, 5.41) is 0.580. The lowest BCUT2D eigenvalue weighted by atomic mass is 10.1. The molecule has 0 saturated heterocycles. The fraction of sp³-hybridized carbons (Fsp3) is 0.235. The highest BCUT2D eigenvalue weighted by Crippen LogP contribution is 2.27. The Morgan fingerprint density at radius 3 is 2.64 bits per heavy atom. The van der Waals surface area contributed by atoms with Crippen LogP contribution in [0, 0.1) is 13.8 Å². The number of hydrogen-bond acceptors (Lipinski definition) is 4. The maximum absolute atomic E-state index is 12.7. The first-order valence-corrected chi connectivity index (χ1v) is 9.44. The van der Waals surface area contributed by atoms with E-state index in [9.17, 15) is 8.42 Å². The van der Waals surface area contributed by atoms with Gasteiger partial charge in [0, 0.05) is 12.4 Å². The number of aromatic nitrogens is 2. The molecular formula is C17H18ClN3O3S. The first-order chi connectivity index (χ1) is 11.8. The Hall–Kier alpha value is -2.09. The predicted molar refractivity (Wildman–Crippen MR) is 96.7 cm³/mol. The van der Waals surface area contributed by atoms with Crippen molar-refractivity contribution in [3.05, 3.63) is 58.5 Å². The minimum Gasteiger partial charge on any atom is -0.495 e. The molecule has 3 aromatic rings. The molecule has 0 saturated carbocycles. The van der Waals surface area contributed by atoms with Crippen molar-refractivity contribution in [2.45, 2.75) is 25.3 Å². The van der Waals surface area contributed by atoms with E-state index in [0.29, 0.717) is 22.1 Å². The predicted octanol–water partition coefficient (Wildman–Crippen LogP) is 3.09. The van der Waals surface area contributed by atoms with Crippen molar-refractivity contribution in [1.29, 1.82) is 0 Å². The number of methoxy groups -OCH3 is 1. The number of sulfonamides is 1. The van der Waals surface area contributed by atoms with Gasteiger partial charge in [-0.1, -0.05) is 11.6 Å². The number of aryl methyl sites for hydroxylation is 2. The molecule has 25 heavy (non-hydrogen) atoms. The quantitative estimate of drug-likeness (QED) is 0.739. The number of halogens is 1. The molecule has 132 valence electrons. The van der Waals surface area contributed by atoms with Crippen LogP contribution < -0.4 is 9.46 Å². The molecule has 0 aliphatic carbocycles. The second-order valence-corrected chi connectivity index (χ2v) is 7.93. The van der Waals surface area contributed by atoms with Crippen LogP contribution >= 0.6 is 11.6 Å². The number of fused-ring (bicyclic) bond motifs is 1. The van der Waals surface area contributed by atoms with Gasteiger partial charge in [0.2, 0.25) is 10.0 Å². The summed E-state index contributed by atoms with van der Waals surface area (Å²) >= 11 is 5.94. The van der Waals surface area contributed by atoms with Crippen LogP contribution in [-0.4, -0.2) is 24.9 Å². The fourth-order valence-corrected chi connectivity index (χ4v) is 3.88. The van der Waals surface area contributed by atoms with Crippen LogP contribution in [0.4, 0.5) is 0 Å². The third-order valence-corrected chi connectivity index (χ3v) is 5.62. The number of benzene rings is 1. The summed E-state index contributed by atoms with van der Waals surface area (Å²) in [6, 6.07) is 6.83. The first kappa shape index (κ1) is 17.7. The molecule has 1 N–H and O–H groups in total. The molecule has 1 aromatic carbocycles. The van der Waals surface area contributed by atoms with Gasteiger partial charge < -0.3 is 9.14 Å². The van der Waals surface area contributed by atoms with Gasteiger partial charge in [0.05, 0.1) is 24.4 Å². The van der Waals surface area contributed by atoms with Crippen molar-refractivity contribution in [3.8, 4) is 5.75 Å². The molecule has 2 heterocycles. The molecule has 0 atom stereocenters. The van der Waals surface area contributed by atoms with E-state index in [2.05, 4.69) is 9.71 Å². The zero-order chi connectivity index (χ0) is 18.2. The Balaban J connectivity index is 1.87. The van der Waals surface area contributed by atoms with E-state index in [4.69, 9.17) is 16.3 Å². The van der Waals surface area contributed by atoms with Gasteiger partial charge in [0.15, 0.2) is 0 Å². The highest BCUT2D eigenvalue weighted by molar-refractivity contribution is 7.89. The summed E-state index contributed by atoms with van der Waals surface area (Å²) in [6.07, 6.45) is 3.45. The van der Waals surface area contributed by atoms with Crippen molar-refractivity contribution in [2.75, 3.05) is 7.11 Å². The Kier molecular flexibility index (Phi) is 4.73. The number of imidazole rings is 1. The standard InChI is InChI=1S/C17H18ClN3O3S/c1-11-6-15(24-3)16(7-12(11)2)25(22,23)19-8-14-10-21-9-13(18)4-5-17(21)20-14/h4-7,9-10,19H,8H2,1-3H3. The van der Waals surface area contributed by atoms with E-state index in [1.54, 1.807) is 41.1 Å². The Morgan fingerprint density at radius 1 is 1.20 bits per heavy atom. The van der Waals surface area contributed by atoms with Crippen LogP contribution in [0.2, 0.25) is 5.02 Å². The molecule has 2 aromatic heterocycles. The van der Waals surface area contributed by atoms with Crippen LogP contribution in [0.15, 0.2) is 41.6 Å². The Morgan fingerprint density at radius 2 is 1.92 bits per heavy atom. The van der Waals surface area contributed by atoms with Gasteiger partial charge in [-0.25, -0.2) is 18.1 Å². The van der Waals surface area contributed by atoms with Crippen molar-refractivity contribution >= 4 is 27.3 Å². The molecular weight excluding hydrogens is 362 g/mol.